The van der Waals surface area contributed by atoms with Gasteiger partial charge in [-0.2, -0.15) is 0 Å². The Balaban J connectivity index is 1.97. The highest BCUT2D eigenvalue weighted by Gasteiger charge is 2.54. The summed E-state index contributed by atoms with van der Waals surface area (Å²) >= 11 is 0. The van der Waals surface area contributed by atoms with Crippen molar-refractivity contribution in [1.29, 1.82) is 0 Å². The molecule has 0 radical (unpaired) electrons. The minimum atomic E-state index is -1.34. The van der Waals surface area contributed by atoms with E-state index < -0.39 is 36.1 Å². The number of benzene rings is 1. The largest absolute Gasteiger partial charge is 0.360 e. The molecule has 4 atom stereocenters. The summed E-state index contributed by atoms with van der Waals surface area (Å²) in [6, 6.07) is 3.18. The summed E-state index contributed by atoms with van der Waals surface area (Å²) in [6.07, 6.45) is -2.28. The molecule has 1 unspecified atom stereocenters. The molecule has 1 saturated heterocycles. The van der Waals surface area contributed by atoms with E-state index >= 15 is 0 Å². The number of fused-ring (bicyclic) bond motifs is 1. The minimum Gasteiger partial charge on any atom is -0.360 e. The smallest absolute Gasteiger partial charge is 0.280 e. The highest BCUT2D eigenvalue weighted by atomic mass is 19.1. The molecule has 2 heterocycles. The second kappa shape index (κ2) is 6.12. The molecule has 2 aliphatic heterocycles. The SMILES string of the molecule is CCO[C@H]1ON=C(c2ccc(F)cc2F)[C@@H]2OC(C)(OC)O[C@H]12. The van der Waals surface area contributed by atoms with Crippen molar-refractivity contribution < 1.29 is 32.6 Å². The van der Waals surface area contributed by atoms with Gasteiger partial charge >= 0.3 is 0 Å². The van der Waals surface area contributed by atoms with E-state index in [0.29, 0.717) is 6.61 Å². The fourth-order valence-corrected chi connectivity index (χ4v) is 2.55. The zero-order chi connectivity index (χ0) is 16.6. The quantitative estimate of drug-likeness (QED) is 0.847. The molecule has 0 aromatic heterocycles. The first-order chi connectivity index (χ1) is 11.0. The summed E-state index contributed by atoms with van der Waals surface area (Å²) < 4.78 is 49.2. The average molecular weight is 329 g/mol. The Kier molecular flexibility index (Phi) is 4.33. The maximum absolute atomic E-state index is 14.1. The van der Waals surface area contributed by atoms with Crippen molar-refractivity contribution in [3.05, 3.63) is 35.4 Å². The van der Waals surface area contributed by atoms with Crippen molar-refractivity contribution in [1.82, 2.24) is 0 Å². The first kappa shape index (κ1) is 16.3. The lowest BCUT2D eigenvalue weighted by Gasteiger charge is -2.29. The predicted octanol–water partition coefficient (Wildman–Crippen LogP) is 2.17. The molecule has 0 N–H and O–H groups in total. The highest BCUT2D eigenvalue weighted by molar-refractivity contribution is 6.04. The number of rotatable bonds is 4. The third-order valence-corrected chi connectivity index (χ3v) is 3.69. The van der Waals surface area contributed by atoms with Crippen molar-refractivity contribution in [3.8, 4) is 0 Å². The summed E-state index contributed by atoms with van der Waals surface area (Å²) in [5.74, 6) is -2.79. The summed E-state index contributed by atoms with van der Waals surface area (Å²) in [4.78, 5) is 5.27. The van der Waals surface area contributed by atoms with Crippen LogP contribution in [0.4, 0.5) is 8.78 Å². The van der Waals surface area contributed by atoms with Gasteiger partial charge in [0.15, 0.2) is 6.10 Å². The molecule has 0 aliphatic carbocycles. The molecule has 0 bridgehead atoms. The van der Waals surface area contributed by atoms with Gasteiger partial charge in [-0.05, 0) is 19.1 Å². The number of hydrogen-bond acceptors (Lipinski definition) is 6. The van der Waals surface area contributed by atoms with Gasteiger partial charge in [-0.15, -0.1) is 0 Å². The maximum Gasteiger partial charge on any atom is 0.280 e. The molecule has 126 valence electrons. The zero-order valence-corrected chi connectivity index (χ0v) is 12.9. The van der Waals surface area contributed by atoms with E-state index in [1.807, 2.05) is 0 Å². The molecule has 0 saturated carbocycles. The fourth-order valence-electron chi connectivity index (χ4n) is 2.55. The van der Waals surface area contributed by atoms with Gasteiger partial charge in [0.2, 0.25) is 0 Å². The molecule has 23 heavy (non-hydrogen) atoms. The Morgan fingerprint density at radius 2 is 2.09 bits per heavy atom. The second-order valence-corrected chi connectivity index (χ2v) is 5.22. The van der Waals surface area contributed by atoms with E-state index in [4.69, 9.17) is 23.8 Å². The van der Waals surface area contributed by atoms with Gasteiger partial charge in [0.25, 0.3) is 12.3 Å². The number of hydrogen-bond donors (Lipinski definition) is 0. The molecular weight excluding hydrogens is 312 g/mol. The van der Waals surface area contributed by atoms with Crippen molar-refractivity contribution in [2.24, 2.45) is 5.16 Å². The molecular formula is C15H17F2NO5. The van der Waals surface area contributed by atoms with Crippen LogP contribution in [0.15, 0.2) is 23.4 Å². The Hall–Kier alpha value is -1.61. The van der Waals surface area contributed by atoms with Crippen LogP contribution in [-0.2, 0) is 23.8 Å². The topological polar surface area (TPSA) is 58.5 Å². The summed E-state index contributed by atoms with van der Waals surface area (Å²) in [5, 5.41) is 3.90. The number of oxime groups is 1. The van der Waals surface area contributed by atoms with Crippen molar-refractivity contribution in [2.75, 3.05) is 13.7 Å². The highest BCUT2D eigenvalue weighted by Crippen LogP contribution is 2.37. The lowest BCUT2D eigenvalue weighted by atomic mass is 9.99. The van der Waals surface area contributed by atoms with Gasteiger partial charge < -0.3 is 23.8 Å². The van der Waals surface area contributed by atoms with Crippen molar-refractivity contribution >= 4 is 5.71 Å². The van der Waals surface area contributed by atoms with Gasteiger partial charge in [-0.25, -0.2) is 8.78 Å². The lowest BCUT2D eigenvalue weighted by Crippen LogP contribution is -2.46. The van der Waals surface area contributed by atoms with Gasteiger partial charge in [0, 0.05) is 32.3 Å². The number of methoxy groups -OCH3 is 1. The molecule has 0 spiro atoms. The van der Waals surface area contributed by atoms with E-state index in [9.17, 15) is 8.78 Å². The minimum absolute atomic E-state index is 0.0697. The third-order valence-electron chi connectivity index (χ3n) is 3.69. The Bertz CT molecular complexity index is 626. The first-order valence-corrected chi connectivity index (χ1v) is 7.19. The van der Waals surface area contributed by atoms with Gasteiger partial charge in [0.05, 0.1) is 0 Å². The number of nitrogens with zero attached hydrogens (tertiary/aromatic N) is 1. The number of halogens is 2. The van der Waals surface area contributed by atoms with E-state index in [2.05, 4.69) is 5.16 Å². The van der Waals surface area contributed by atoms with E-state index in [-0.39, 0.29) is 11.3 Å². The van der Waals surface area contributed by atoms with Crippen LogP contribution in [0.1, 0.15) is 19.4 Å². The van der Waals surface area contributed by atoms with Crippen LogP contribution in [0.5, 0.6) is 0 Å². The standard InChI is InChI=1S/C15H17F2NO5/c1-4-20-14-13-12(21-15(2,19-3)22-13)11(18-23-14)9-6-5-8(16)7-10(9)17/h5-7,12-14H,4H2,1-3H3/t12-,13-,14-,15?/m0/s1. The van der Waals surface area contributed by atoms with Gasteiger partial charge in [-0.1, -0.05) is 5.16 Å². The lowest BCUT2D eigenvalue weighted by molar-refractivity contribution is -0.326. The summed E-state index contributed by atoms with van der Waals surface area (Å²) in [7, 11) is 1.42. The molecule has 1 aromatic rings. The monoisotopic (exact) mass is 329 g/mol. The third kappa shape index (κ3) is 2.94. The van der Waals surface area contributed by atoms with Gasteiger partial charge in [0.1, 0.15) is 23.5 Å². The Morgan fingerprint density at radius 3 is 2.74 bits per heavy atom. The normalized spacial score (nSPS) is 33.1. The molecule has 2 aliphatic rings. The van der Waals surface area contributed by atoms with Crippen LogP contribution in [0.3, 0.4) is 0 Å². The number of ether oxygens (including phenoxy) is 4. The van der Waals surface area contributed by atoms with E-state index in [0.717, 1.165) is 12.1 Å². The summed E-state index contributed by atoms with van der Waals surface area (Å²) in [6.45, 7) is 3.74. The van der Waals surface area contributed by atoms with Crippen LogP contribution in [0.25, 0.3) is 0 Å². The molecule has 8 heteroatoms. The van der Waals surface area contributed by atoms with Gasteiger partial charge in [-0.3, -0.25) is 0 Å². The first-order valence-electron chi connectivity index (χ1n) is 7.19. The van der Waals surface area contributed by atoms with Crippen LogP contribution >= 0.6 is 0 Å². The second-order valence-electron chi connectivity index (χ2n) is 5.22. The van der Waals surface area contributed by atoms with Crippen molar-refractivity contribution in [3.63, 3.8) is 0 Å². The molecule has 3 rings (SSSR count). The van der Waals surface area contributed by atoms with Crippen LogP contribution in [-0.4, -0.2) is 43.9 Å². The average Bonchev–Trinajstić information content (AvgIpc) is 2.87. The maximum atomic E-state index is 14.1. The molecule has 1 fully saturated rings. The summed E-state index contributed by atoms with van der Waals surface area (Å²) in [5.41, 5.74) is 0.226. The molecule has 1 aromatic carbocycles. The van der Waals surface area contributed by atoms with Crippen molar-refractivity contribution in [2.45, 2.75) is 38.3 Å². The molecule has 0 amide bonds. The predicted molar refractivity (Wildman–Crippen MR) is 74.6 cm³/mol. The Labute approximate surface area is 131 Å². The zero-order valence-electron chi connectivity index (χ0n) is 12.9. The Morgan fingerprint density at radius 1 is 1.30 bits per heavy atom. The molecule has 6 nitrogen and oxygen atoms in total. The van der Waals surface area contributed by atoms with Crippen LogP contribution < -0.4 is 0 Å². The van der Waals surface area contributed by atoms with Crippen LogP contribution in [0, 0.1) is 11.6 Å². The fraction of sp³-hybridized carbons (Fsp3) is 0.533. The van der Waals surface area contributed by atoms with E-state index in [1.54, 1.807) is 13.8 Å². The van der Waals surface area contributed by atoms with E-state index in [1.165, 1.54) is 13.2 Å². The van der Waals surface area contributed by atoms with Crippen LogP contribution in [0.2, 0.25) is 0 Å².